The van der Waals surface area contributed by atoms with Crippen LogP contribution in [0.3, 0.4) is 0 Å². The van der Waals surface area contributed by atoms with Gasteiger partial charge in [0.05, 0.1) is 6.20 Å². The zero-order valence-electron chi connectivity index (χ0n) is 25.5. The lowest BCUT2D eigenvalue weighted by atomic mass is 9.63. The Kier molecular flexibility index (Phi) is 9.81. The first-order valence-corrected chi connectivity index (χ1v) is 16.8. The maximum Gasteiger partial charge on any atom is 0.245 e. The molecule has 6 rings (SSSR count). The Hall–Kier alpha value is -3.04. The van der Waals surface area contributed by atoms with Crippen molar-refractivity contribution in [3.8, 4) is 0 Å². The van der Waals surface area contributed by atoms with Crippen molar-refractivity contribution in [1.82, 2.24) is 24.6 Å². The zero-order chi connectivity index (χ0) is 30.5. The van der Waals surface area contributed by atoms with Crippen molar-refractivity contribution in [2.75, 3.05) is 18.0 Å². The van der Waals surface area contributed by atoms with Crippen LogP contribution in [-0.4, -0.2) is 61.8 Å². The van der Waals surface area contributed by atoms with Gasteiger partial charge in [-0.25, -0.2) is 14.4 Å². The largest absolute Gasteiger partial charge is 0.341 e. The molecule has 1 saturated heterocycles. The Morgan fingerprint density at radius 2 is 1.75 bits per heavy atom. The summed E-state index contributed by atoms with van der Waals surface area (Å²) in [7, 11) is 0. The fourth-order valence-corrected chi connectivity index (χ4v) is 8.21. The molecule has 3 heterocycles. The predicted molar refractivity (Wildman–Crippen MR) is 171 cm³/mol. The fraction of sp³-hybridized carbons (Fsp3) is 0.588. The number of aromatic nitrogens is 4. The van der Waals surface area contributed by atoms with Crippen molar-refractivity contribution < 1.29 is 9.18 Å². The molecule has 2 saturated carbocycles. The molecular formula is C34H45ClFN7O. The molecule has 236 valence electrons. The number of likely N-dealkylation sites (tertiary alicyclic amines) is 1. The van der Waals surface area contributed by atoms with Crippen molar-refractivity contribution >= 4 is 23.3 Å². The summed E-state index contributed by atoms with van der Waals surface area (Å²) in [5, 5.41) is 5.14. The van der Waals surface area contributed by atoms with Crippen LogP contribution in [0.25, 0.3) is 0 Å². The molecule has 8 nitrogen and oxygen atoms in total. The van der Waals surface area contributed by atoms with E-state index in [4.69, 9.17) is 17.3 Å². The van der Waals surface area contributed by atoms with Crippen molar-refractivity contribution in [1.29, 1.82) is 0 Å². The van der Waals surface area contributed by atoms with Crippen LogP contribution < -0.4 is 10.6 Å². The van der Waals surface area contributed by atoms with Crippen LogP contribution in [0.15, 0.2) is 55.2 Å². The third kappa shape index (κ3) is 7.09. The smallest absolute Gasteiger partial charge is 0.245 e. The highest BCUT2D eigenvalue weighted by Gasteiger charge is 2.45. The average molecular weight is 622 g/mol. The van der Waals surface area contributed by atoms with Gasteiger partial charge in [-0.3, -0.25) is 9.48 Å². The standard InChI is InChI=1S/C34H45ClFN7O/c35-27-8-6-25(7-9-27)20-31(43(30-13-11-29(37)12-14-30)32-15-10-28(36)21-39-32)33(44)41-18-16-34(17-19-41,22-42-24-38-23-40-42)26-4-2-1-3-5-26/h6-10,15,21,23-24,26,29-31H,1-5,11-14,16-20,22,37H2/t29-,30-,31-/m1/s1. The van der Waals surface area contributed by atoms with Crippen LogP contribution in [0.2, 0.25) is 5.02 Å². The SMILES string of the molecule is N[C@H]1CC[C@H](N(c2ccc(F)cn2)[C@H](Cc2ccc(Cl)cc2)C(=O)N2CCC(Cn3cncn3)(C3CCCCC3)CC2)CC1. The van der Waals surface area contributed by atoms with E-state index in [1.165, 1.54) is 44.4 Å². The fourth-order valence-electron chi connectivity index (χ4n) is 8.08. The first-order valence-electron chi connectivity index (χ1n) is 16.4. The number of hydrogen-bond acceptors (Lipinski definition) is 6. The van der Waals surface area contributed by atoms with Crippen molar-refractivity contribution in [2.45, 2.75) is 102 Å². The third-order valence-corrected chi connectivity index (χ3v) is 10.8. The maximum atomic E-state index is 14.8. The van der Waals surface area contributed by atoms with E-state index < -0.39 is 6.04 Å². The van der Waals surface area contributed by atoms with E-state index in [1.807, 2.05) is 35.3 Å². The van der Waals surface area contributed by atoms with Gasteiger partial charge in [0, 0.05) is 43.2 Å². The minimum absolute atomic E-state index is 0.0902. The summed E-state index contributed by atoms with van der Waals surface area (Å²) >= 11 is 6.23. The quantitative estimate of drug-likeness (QED) is 0.313. The Morgan fingerprint density at radius 3 is 2.39 bits per heavy atom. The summed E-state index contributed by atoms with van der Waals surface area (Å²) in [4.78, 5) is 27.8. The van der Waals surface area contributed by atoms with E-state index >= 15 is 0 Å². The second-order valence-electron chi connectivity index (χ2n) is 13.3. The maximum absolute atomic E-state index is 14.8. The third-order valence-electron chi connectivity index (χ3n) is 10.6. The van der Waals surface area contributed by atoms with Crippen LogP contribution in [0.5, 0.6) is 0 Å². The number of benzene rings is 1. The molecule has 0 radical (unpaired) electrons. The highest BCUT2D eigenvalue weighted by atomic mass is 35.5. The number of anilines is 1. The van der Waals surface area contributed by atoms with Gasteiger partial charge < -0.3 is 15.5 Å². The van der Waals surface area contributed by atoms with Crippen molar-refractivity contribution in [2.24, 2.45) is 17.1 Å². The molecular weight excluding hydrogens is 577 g/mol. The van der Waals surface area contributed by atoms with Gasteiger partial charge in [0.25, 0.3) is 0 Å². The number of pyridine rings is 1. The van der Waals surface area contributed by atoms with Gasteiger partial charge in [-0.15, -0.1) is 0 Å². The van der Waals surface area contributed by atoms with Crippen LogP contribution in [-0.2, 0) is 17.8 Å². The molecule has 3 aliphatic rings. The molecule has 2 aromatic heterocycles. The second kappa shape index (κ2) is 13.9. The molecule has 1 amide bonds. The minimum atomic E-state index is -0.481. The molecule has 0 spiro atoms. The average Bonchev–Trinajstić information content (AvgIpc) is 3.57. The molecule has 1 aromatic carbocycles. The van der Waals surface area contributed by atoms with Crippen molar-refractivity contribution in [3.05, 3.63) is 71.7 Å². The molecule has 0 bridgehead atoms. The number of nitrogens with two attached hydrogens (primary N) is 1. The first-order chi connectivity index (χ1) is 21.4. The molecule has 0 unspecified atom stereocenters. The van der Waals surface area contributed by atoms with E-state index in [1.54, 1.807) is 12.4 Å². The molecule has 3 aromatic rings. The molecule has 2 N–H and O–H groups in total. The Bertz CT molecular complexity index is 1330. The monoisotopic (exact) mass is 621 g/mol. The van der Waals surface area contributed by atoms with E-state index in [0.717, 1.165) is 50.6 Å². The molecule has 1 atom stereocenters. The summed E-state index contributed by atoms with van der Waals surface area (Å²) in [6, 6.07) is 10.7. The lowest BCUT2D eigenvalue weighted by Crippen LogP contribution is -2.57. The lowest BCUT2D eigenvalue weighted by molar-refractivity contribution is -0.136. The summed E-state index contributed by atoms with van der Waals surface area (Å²) < 4.78 is 16.0. The van der Waals surface area contributed by atoms with E-state index in [2.05, 4.69) is 24.9 Å². The lowest BCUT2D eigenvalue weighted by Gasteiger charge is -2.49. The number of amides is 1. The molecule has 3 fully saturated rings. The molecule has 2 aliphatic carbocycles. The van der Waals surface area contributed by atoms with Crippen LogP contribution in [0.1, 0.15) is 76.2 Å². The van der Waals surface area contributed by atoms with E-state index in [9.17, 15) is 9.18 Å². The zero-order valence-corrected chi connectivity index (χ0v) is 26.3. The number of carbonyl (C=O) groups is 1. The summed E-state index contributed by atoms with van der Waals surface area (Å²) in [5.74, 6) is 0.995. The highest BCUT2D eigenvalue weighted by Crippen LogP contribution is 2.47. The van der Waals surface area contributed by atoms with Gasteiger partial charge in [-0.2, -0.15) is 5.10 Å². The Balaban J connectivity index is 1.29. The van der Waals surface area contributed by atoms with Crippen LogP contribution in [0.4, 0.5) is 10.2 Å². The van der Waals surface area contributed by atoms with Crippen molar-refractivity contribution in [3.63, 3.8) is 0 Å². The van der Waals surface area contributed by atoms with Crippen LogP contribution in [0, 0.1) is 17.2 Å². The van der Waals surface area contributed by atoms with Gasteiger partial charge in [0.2, 0.25) is 5.91 Å². The molecule has 44 heavy (non-hydrogen) atoms. The van der Waals surface area contributed by atoms with E-state index in [0.29, 0.717) is 36.3 Å². The van der Waals surface area contributed by atoms with Gasteiger partial charge in [-0.1, -0.05) is 43.0 Å². The summed E-state index contributed by atoms with van der Waals surface area (Å²) in [6.45, 7) is 2.27. The van der Waals surface area contributed by atoms with Gasteiger partial charge in [0.15, 0.2) is 0 Å². The predicted octanol–water partition coefficient (Wildman–Crippen LogP) is 6.04. The number of piperidine rings is 1. The highest BCUT2D eigenvalue weighted by molar-refractivity contribution is 6.30. The summed E-state index contributed by atoms with van der Waals surface area (Å²) in [6.07, 6.45) is 17.0. The van der Waals surface area contributed by atoms with E-state index in [-0.39, 0.29) is 29.2 Å². The molecule has 10 heteroatoms. The molecule has 1 aliphatic heterocycles. The number of carbonyl (C=O) groups excluding carboxylic acids is 1. The number of halogens is 2. The Labute approximate surface area is 265 Å². The van der Waals surface area contributed by atoms with Gasteiger partial charge in [0.1, 0.15) is 30.3 Å². The summed E-state index contributed by atoms with van der Waals surface area (Å²) in [5.41, 5.74) is 7.44. The number of hydrogen-bond donors (Lipinski definition) is 1. The number of rotatable bonds is 9. The van der Waals surface area contributed by atoms with Crippen LogP contribution >= 0.6 is 11.6 Å². The number of nitrogens with zero attached hydrogens (tertiary/aromatic N) is 6. The normalized spacial score (nSPS) is 23.3. The first kappa shape index (κ1) is 31.0. The second-order valence-corrected chi connectivity index (χ2v) is 13.7. The van der Waals surface area contributed by atoms with Gasteiger partial charge in [-0.05, 0) is 92.5 Å². The topological polar surface area (TPSA) is 93.2 Å². The Morgan fingerprint density at radius 1 is 1.02 bits per heavy atom. The van der Waals surface area contributed by atoms with Gasteiger partial charge >= 0.3 is 0 Å². The minimum Gasteiger partial charge on any atom is -0.341 e.